The topological polar surface area (TPSA) is 38.6 Å². The van der Waals surface area contributed by atoms with Crippen LogP contribution >= 0.6 is 0 Å². The molecule has 0 N–H and O–H groups in total. The van der Waals surface area contributed by atoms with Gasteiger partial charge in [-0.25, -0.2) is 0 Å². The van der Waals surface area contributed by atoms with Crippen LogP contribution in [0.3, 0.4) is 0 Å². The van der Waals surface area contributed by atoms with Gasteiger partial charge in [-0.15, -0.1) is 0 Å². The van der Waals surface area contributed by atoms with Gasteiger partial charge >= 0.3 is 0 Å². The molecule has 0 saturated heterocycles. The zero-order valence-electron chi connectivity index (χ0n) is 25.3. The van der Waals surface area contributed by atoms with Crippen molar-refractivity contribution in [1.29, 1.82) is 5.26 Å². The molecule has 0 saturated carbocycles. The average Bonchev–Trinajstić information content (AvgIpc) is 3.77. The van der Waals surface area contributed by atoms with Gasteiger partial charge in [-0.3, -0.25) is 0 Å². The molecule has 0 aliphatic carbocycles. The average molecular weight is 599 g/mol. The van der Waals surface area contributed by atoms with Gasteiger partial charge in [-0.05, 0) is 66.7 Å². The Kier molecular flexibility index (Phi) is 5.32. The third-order valence-electron chi connectivity index (χ3n) is 9.62. The van der Waals surface area contributed by atoms with E-state index in [1.165, 1.54) is 43.6 Å². The highest BCUT2D eigenvalue weighted by atomic mass is 15.0. The lowest BCUT2D eigenvalue weighted by atomic mass is 10.1. The van der Waals surface area contributed by atoms with Gasteiger partial charge in [0, 0.05) is 32.3 Å². The second-order valence-electron chi connectivity index (χ2n) is 12.1. The van der Waals surface area contributed by atoms with Crippen LogP contribution in [0, 0.1) is 11.3 Å². The lowest BCUT2D eigenvalue weighted by molar-refractivity contribution is 1.10. The molecule has 4 nitrogen and oxygen atoms in total. The van der Waals surface area contributed by atoms with Crippen molar-refractivity contribution in [2.75, 3.05) is 0 Å². The Bertz CT molecular complexity index is 2690. The molecule has 4 heteroatoms. The molecule has 0 aliphatic rings. The summed E-state index contributed by atoms with van der Waals surface area (Å²) in [6, 6.07) is 58.4. The van der Waals surface area contributed by atoms with E-state index in [-0.39, 0.29) is 0 Å². The summed E-state index contributed by atoms with van der Waals surface area (Å²) in [5.74, 6) is 0. The zero-order valence-corrected chi connectivity index (χ0v) is 25.3. The summed E-state index contributed by atoms with van der Waals surface area (Å²) < 4.78 is 7.14. The molecular formula is C43H26N4. The van der Waals surface area contributed by atoms with Crippen molar-refractivity contribution in [3.05, 3.63) is 163 Å². The van der Waals surface area contributed by atoms with E-state index in [1.54, 1.807) is 0 Å². The van der Waals surface area contributed by atoms with Crippen molar-refractivity contribution >= 4 is 65.4 Å². The summed E-state index contributed by atoms with van der Waals surface area (Å²) in [4.78, 5) is 0. The molecule has 3 heterocycles. The van der Waals surface area contributed by atoms with Gasteiger partial charge < -0.3 is 13.7 Å². The standard InChI is InChI=1S/C43H26N4/c44-27-28-21-22-43-37(23-28)36-15-5-10-20-42(36)47(43)31-25-29(45-38-16-6-1-11-32(38)33-12-2-7-17-39(33)45)24-30(26-31)46-40-18-8-3-13-34(40)35-14-4-9-19-41(35)46/h1-26H. The van der Waals surface area contributed by atoms with Gasteiger partial charge in [-0.1, -0.05) is 91.0 Å². The van der Waals surface area contributed by atoms with Crippen molar-refractivity contribution < 1.29 is 0 Å². The number of aromatic nitrogens is 3. The molecule has 0 spiro atoms. The number of rotatable bonds is 3. The molecule has 10 aromatic rings. The fourth-order valence-electron chi connectivity index (χ4n) is 7.69. The summed E-state index contributed by atoms with van der Waals surface area (Å²) in [7, 11) is 0. The Morgan fingerprint density at radius 3 is 0.957 bits per heavy atom. The van der Waals surface area contributed by atoms with Crippen LogP contribution in [0.4, 0.5) is 0 Å². The molecule has 0 atom stereocenters. The molecule has 0 aliphatic heterocycles. The number of nitriles is 1. The van der Waals surface area contributed by atoms with Crippen LogP contribution in [0.1, 0.15) is 5.56 Å². The smallest absolute Gasteiger partial charge is 0.0991 e. The highest BCUT2D eigenvalue weighted by Crippen LogP contribution is 2.39. The first kappa shape index (κ1) is 25.7. The van der Waals surface area contributed by atoms with Crippen molar-refractivity contribution in [3.63, 3.8) is 0 Å². The third kappa shape index (κ3) is 3.63. The van der Waals surface area contributed by atoms with Crippen molar-refractivity contribution in [1.82, 2.24) is 13.7 Å². The molecule has 0 radical (unpaired) electrons. The number of fused-ring (bicyclic) bond motifs is 9. The molecule has 10 rings (SSSR count). The lowest BCUT2D eigenvalue weighted by Crippen LogP contribution is -2.03. The first-order valence-electron chi connectivity index (χ1n) is 15.8. The van der Waals surface area contributed by atoms with E-state index in [0.29, 0.717) is 5.56 Å². The second-order valence-corrected chi connectivity index (χ2v) is 12.1. The monoisotopic (exact) mass is 598 g/mol. The normalized spacial score (nSPS) is 11.8. The first-order valence-corrected chi connectivity index (χ1v) is 15.8. The Hall–Kier alpha value is -6.57. The minimum absolute atomic E-state index is 0.658. The highest BCUT2D eigenvalue weighted by Gasteiger charge is 2.19. The maximum absolute atomic E-state index is 9.76. The molecular weight excluding hydrogens is 573 g/mol. The molecule has 0 unspecified atom stereocenters. The van der Waals surface area contributed by atoms with Crippen LogP contribution in [0.2, 0.25) is 0 Å². The Labute approximate surface area is 270 Å². The first-order chi connectivity index (χ1) is 23.3. The predicted octanol–water partition coefficient (Wildman–Crippen LogP) is 10.8. The zero-order chi connectivity index (χ0) is 31.1. The fourth-order valence-corrected chi connectivity index (χ4v) is 7.69. The van der Waals surface area contributed by atoms with Gasteiger partial charge in [0.25, 0.3) is 0 Å². The number of para-hydroxylation sites is 5. The van der Waals surface area contributed by atoms with E-state index >= 15 is 0 Å². The van der Waals surface area contributed by atoms with Crippen LogP contribution in [0.15, 0.2) is 158 Å². The summed E-state index contributed by atoms with van der Waals surface area (Å²) in [6.07, 6.45) is 0. The van der Waals surface area contributed by atoms with E-state index in [0.717, 1.165) is 38.9 Å². The van der Waals surface area contributed by atoms with Gasteiger partial charge in [0.15, 0.2) is 0 Å². The summed E-state index contributed by atoms with van der Waals surface area (Å²) in [6.45, 7) is 0. The lowest BCUT2D eigenvalue weighted by Gasteiger charge is -2.17. The molecule has 0 amide bonds. The summed E-state index contributed by atoms with van der Waals surface area (Å²) in [5, 5.41) is 16.9. The van der Waals surface area contributed by atoms with Crippen LogP contribution in [-0.2, 0) is 0 Å². The van der Waals surface area contributed by atoms with Gasteiger partial charge in [0.2, 0.25) is 0 Å². The molecule has 218 valence electrons. The van der Waals surface area contributed by atoms with Crippen LogP contribution in [-0.4, -0.2) is 13.7 Å². The highest BCUT2D eigenvalue weighted by molar-refractivity contribution is 6.12. The largest absolute Gasteiger partial charge is 0.309 e. The fraction of sp³-hybridized carbons (Fsp3) is 0. The Morgan fingerprint density at radius 2 is 0.617 bits per heavy atom. The molecule has 7 aromatic carbocycles. The Morgan fingerprint density at radius 1 is 0.319 bits per heavy atom. The van der Waals surface area contributed by atoms with E-state index in [2.05, 4.69) is 165 Å². The van der Waals surface area contributed by atoms with Crippen molar-refractivity contribution in [2.24, 2.45) is 0 Å². The van der Waals surface area contributed by atoms with Gasteiger partial charge in [0.05, 0.1) is 61.8 Å². The number of benzene rings is 7. The molecule has 3 aromatic heterocycles. The van der Waals surface area contributed by atoms with Crippen LogP contribution in [0.5, 0.6) is 0 Å². The second kappa shape index (κ2) is 9.71. The predicted molar refractivity (Wildman–Crippen MR) is 194 cm³/mol. The van der Waals surface area contributed by atoms with E-state index in [1.807, 2.05) is 12.1 Å². The molecule has 47 heavy (non-hydrogen) atoms. The van der Waals surface area contributed by atoms with Gasteiger partial charge in [0.1, 0.15) is 0 Å². The third-order valence-corrected chi connectivity index (χ3v) is 9.62. The summed E-state index contributed by atoms with van der Waals surface area (Å²) >= 11 is 0. The van der Waals surface area contributed by atoms with Crippen LogP contribution in [0.25, 0.3) is 82.5 Å². The van der Waals surface area contributed by atoms with Crippen LogP contribution < -0.4 is 0 Å². The van der Waals surface area contributed by atoms with E-state index < -0.39 is 0 Å². The molecule has 0 bridgehead atoms. The number of nitrogens with zero attached hydrogens (tertiary/aromatic N) is 4. The maximum Gasteiger partial charge on any atom is 0.0991 e. The van der Waals surface area contributed by atoms with E-state index in [4.69, 9.17) is 0 Å². The van der Waals surface area contributed by atoms with Crippen molar-refractivity contribution in [3.8, 4) is 23.1 Å². The van der Waals surface area contributed by atoms with Gasteiger partial charge in [-0.2, -0.15) is 5.26 Å². The minimum atomic E-state index is 0.658. The minimum Gasteiger partial charge on any atom is -0.309 e. The maximum atomic E-state index is 9.76. The SMILES string of the molecule is N#Cc1ccc2c(c1)c1ccccc1n2-c1cc(-n2c3ccccc3c3ccccc32)cc(-n2c3ccccc3c3ccccc32)c1. The van der Waals surface area contributed by atoms with E-state index in [9.17, 15) is 5.26 Å². The number of hydrogen-bond donors (Lipinski definition) is 0. The quantitative estimate of drug-likeness (QED) is 0.199. The Balaban J connectivity index is 1.38. The summed E-state index contributed by atoms with van der Waals surface area (Å²) in [5.41, 5.74) is 10.7. The molecule has 0 fully saturated rings. The van der Waals surface area contributed by atoms with Crippen molar-refractivity contribution in [2.45, 2.75) is 0 Å². The number of hydrogen-bond acceptors (Lipinski definition) is 1.